The Bertz CT molecular complexity index is 610. The maximum Gasteiger partial charge on any atom is 0.220 e. The summed E-state index contributed by atoms with van der Waals surface area (Å²) in [6.45, 7) is 1.87. The third kappa shape index (κ3) is 6.38. The van der Waals surface area contributed by atoms with Crippen molar-refractivity contribution >= 4 is 11.8 Å². The van der Waals surface area contributed by atoms with E-state index in [1.165, 1.54) is 12.5 Å². The van der Waals surface area contributed by atoms with Crippen molar-refractivity contribution in [3.63, 3.8) is 0 Å². The largest absolute Gasteiger partial charge is 0.467 e. The van der Waals surface area contributed by atoms with E-state index in [2.05, 4.69) is 10.6 Å². The molecule has 2 rings (SSSR count). The molecule has 2 atom stereocenters. The Kier molecular flexibility index (Phi) is 7.43. The van der Waals surface area contributed by atoms with Crippen molar-refractivity contribution in [2.45, 2.75) is 32.0 Å². The van der Waals surface area contributed by atoms with Crippen LogP contribution in [0.3, 0.4) is 0 Å². The lowest BCUT2D eigenvalue weighted by atomic mass is 10.0. The molecule has 0 fully saturated rings. The molecule has 0 saturated carbocycles. The van der Waals surface area contributed by atoms with Gasteiger partial charge in [0.1, 0.15) is 23.7 Å². The first-order valence-corrected chi connectivity index (χ1v) is 8.42. The summed E-state index contributed by atoms with van der Waals surface area (Å²) < 4.78 is 10.1. The molecule has 8 nitrogen and oxygen atoms in total. The second kappa shape index (κ2) is 9.79. The highest BCUT2D eigenvalue weighted by molar-refractivity contribution is 5.79. The van der Waals surface area contributed by atoms with E-state index in [1.807, 2.05) is 0 Å². The van der Waals surface area contributed by atoms with Crippen LogP contribution in [0.5, 0.6) is 0 Å². The predicted molar refractivity (Wildman–Crippen MR) is 91.8 cm³/mol. The van der Waals surface area contributed by atoms with E-state index < -0.39 is 12.2 Å². The van der Waals surface area contributed by atoms with Gasteiger partial charge >= 0.3 is 0 Å². The fourth-order valence-electron chi connectivity index (χ4n) is 2.43. The van der Waals surface area contributed by atoms with Gasteiger partial charge in [0.25, 0.3) is 0 Å². The molecule has 0 bridgehead atoms. The fraction of sp³-hybridized carbons (Fsp3) is 0.444. The van der Waals surface area contributed by atoms with Gasteiger partial charge in [-0.2, -0.15) is 0 Å². The summed E-state index contributed by atoms with van der Waals surface area (Å²) in [6.07, 6.45) is 1.39. The Morgan fingerprint density at radius 2 is 1.35 bits per heavy atom. The maximum absolute atomic E-state index is 11.9. The lowest BCUT2D eigenvalue weighted by molar-refractivity contribution is -0.124. The zero-order valence-electron chi connectivity index (χ0n) is 14.6. The molecule has 0 radical (unpaired) electrons. The number of hydrogen-bond donors (Lipinski definition) is 4. The van der Waals surface area contributed by atoms with Crippen molar-refractivity contribution in [2.75, 3.05) is 13.1 Å². The zero-order valence-corrected chi connectivity index (χ0v) is 14.6. The Hall–Kier alpha value is -2.58. The number of rotatable bonds is 10. The van der Waals surface area contributed by atoms with Crippen LogP contribution < -0.4 is 10.6 Å². The molecule has 8 heteroatoms. The summed E-state index contributed by atoms with van der Waals surface area (Å²) in [5.74, 6) is 0.0650. The van der Waals surface area contributed by atoms with E-state index in [4.69, 9.17) is 8.83 Å². The molecule has 0 aliphatic heterocycles. The number of carbonyl (C=O) groups excluding carboxylic acids is 2. The lowest BCUT2D eigenvalue weighted by Crippen LogP contribution is -2.32. The zero-order chi connectivity index (χ0) is 18.9. The quantitative estimate of drug-likeness (QED) is 0.503. The molecule has 26 heavy (non-hydrogen) atoms. The molecule has 0 aliphatic carbocycles. The molecule has 0 spiro atoms. The van der Waals surface area contributed by atoms with Crippen LogP contribution in [0, 0.1) is 5.92 Å². The summed E-state index contributed by atoms with van der Waals surface area (Å²) in [5.41, 5.74) is 0. The second-order valence-electron chi connectivity index (χ2n) is 6.18. The molecule has 2 amide bonds. The molecule has 142 valence electrons. The Labute approximate surface area is 151 Å². The summed E-state index contributed by atoms with van der Waals surface area (Å²) in [7, 11) is 0. The van der Waals surface area contributed by atoms with Crippen molar-refractivity contribution in [3.8, 4) is 0 Å². The average Bonchev–Trinajstić information content (AvgIpc) is 3.30. The first kappa shape index (κ1) is 19.7. The van der Waals surface area contributed by atoms with Crippen LogP contribution in [0.4, 0.5) is 0 Å². The standard InChI is InChI=1S/C18H24N2O6/c1-12(8-17(23)19-10-13(21)15-4-2-6-25-15)9-18(24)20-11-14(22)16-5-3-7-26-16/h2-7,12-14,21-22H,8-11H2,1H3,(H,19,23)(H,20,24). The van der Waals surface area contributed by atoms with Crippen molar-refractivity contribution in [1.29, 1.82) is 0 Å². The van der Waals surface area contributed by atoms with Crippen LogP contribution in [0.2, 0.25) is 0 Å². The Balaban J connectivity index is 1.63. The van der Waals surface area contributed by atoms with E-state index in [0.717, 1.165) is 0 Å². The molecular weight excluding hydrogens is 340 g/mol. The molecular formula is C18H24N2O6. The molecule has 2 aromatic heterocycles. The highest BCUT2D eigenvalue weighted by atomic mass is 16.4. The van der Waals surface area contributed by atoms with E-state index in [9.17, 15) is 19.8 Å². The highest BCUT2D eigenvalue weighted by Crippen LogP contribution is 2.14. The van der Waals surface area contributed by atoms with Crippen molar-refractivity contribution in [3.05, 3.63) is 48.3 Å². The molecule has 2 aromatic rings. The van der Waals surface area contributed by atoms with Gasteiger partial charge in [0.05, 0.1) is 25.6 Å². The monoisotopic (exact) mass is 364 g/mol. The molecule has 2 heterocycles. The second-order valence-corrected chi connectivity index (χ2v) is 6.18. The summed E-state index contributed by atoms with van der Waals surface area (Å²) in [4.78, 5) is 23.8. The third-order valence-electron chi connectivity index (χ3n) is 3.80. The van der Waals surface area contributed by atoms with Gasteiger partial charge in [-0.1, -0.05) is 6.92 Å². The van der Waals surface area contributed by atoms with Crippen LogP contribution in [-0.2, 0) is 9.59 Å². The Morgan fingerprint density at radius 3 is 1.69 bits per heavy atom. The first-order valence-electron chi connectivity index (χ1n) is 8.42. The molecule has 2 unspecified atom stereocenters. The van der Waals surface area contributed by atoms with Gasteiger partial charge in [0.15, 0.2) is 0 Å². The number of aliphatic hydroxyl groups is 2. The lowest BCUT2D eigenvalue weighted by Gasteiger charge is -2.14. The highest BCUT2D eigenvalue weighted by Gasteiger charge is 2.17. The van der Waals surface area contributed by atoms with Crippen molar-refractivity contribution < 1.29 is 28.6 Å². The smallest absolute Gasteiger partial charge is 0.220 e. The Morgan fingerprint density at radius 1 is 0.923 bits per heavy atom. The summed E-state index contributed by atoms with van der Waals surface area (Å²) in [5, 5.41) is 24.9. The molecule has 4 N–H and O–H groups in total. The fourth-order valence-corrected chi connectivity index (χ4v) is 2.43. The van der Waals surface area contributed by atoms with E-state index in [0.29, 0.717) is 11.5 Å². The third-order valence-corrected chi connectivity index (χ3v) is 3.80. The first-order chi connectivity index (χ1) is 12.5. The van der Waals surface area contributed by atoms with Crippen LogP contribution in [-0.4, -0.2) is 35.1 Å². The average molecular weight is 364 g/mol. The number of amides is 2. The number of hydrogen-bond acceptors (Lipinski definition) is 6. The minimum Gasteiger partial charge on any atom is -0.467 e. The topological polar surface area (TPSA) is 125 Å². The van der Waals surface area contributed by atoms with Crippen LogP contribution in [0.15, 0.2) is 45.6 Å². The summed E-state index contributed by atoms with van der Waals surface area (Å²) >= 11 is 0. The van der Waals surface area contributed by atoms with Crippen molar-refractivity contribution in [1.82, 2.24) is 10.6 Å². The van der Waals surface area contributed by atoms with E-state index >= 15 is 0 Å². The van der Waals surface area contributed by atoms with Gasteiger partial charge in [-0.25, -0.2) is 0 Å². The number of furan rings is 2. The number of carbonyl (C=O) groups is 2. The SMILES string of the molecule is CC(CC(=O)NCC(O)c1ccco1)CC(=O)NCC(O)c1ccco1. The maximum atomic E-state index is 11.9. The normalized spacial score (nSPS) is 14.4. The van der Waals surface area contributed by atoms with Crippen molar-refractivity contribution in [2.24, 2.45) is 5.92 Å². The number of aliphatic hydroxyl groups excluding tert-OH is 2. The van der Waals surface area contributed by atoms with Crippen LogP contribution in [0.1, 0.15) is 43.5 Å². The minimum atomic E-state index is -0.907. The van der Waals surface area contributed by atoms with Gasteiger partial charge in [0, 0.05) is 12.8 Å². The predicted octanol–water partition coefficient (Wildman–Crippen LogP) is 1.29. The van der Waals surface area contributed by atoms with E-state index in [-0.39, 0.29) is 43.7 Å². The van der Waals surface area contributed by atoms with Gasteiger partial charge < -0.3 is 29.7 Å². The van der Waals surface area contributed by atoms with Gasteiger partial charge in [-0.15, -0.1) is 0 Å². The number of nitrogens with one attached hydrogen (secondary N) is 2. The van der Waals surface area contributed by atoms with Crippen LogP contribution in [0.25, 0.3) is 0 Å². The molecule has 0 saturated heterocycles. The summed E-state index contributed by atoms with van der Waals surface area (Å²) in [6, 6.07) is 6.57. The molecule has 0 aromatic carbocycles. The minimum absolute atomic E-state index is 0.0423. The van der Waals surface area contributed by atoms with Gasteiger partial charge in [0.2, 0.25) is 11.8 Å². The van der Waals surface area contributed by atoms with Crippen LogP contribution >= 0.6 is 0 Å². The van der Waals surface area contributed by atoms with Gasteiger partial charge in [-0.3, -0.25) is 9.59 Å². The van der Waals surface area contributed by atoms with Gasteiger partial charge in [-0.05, 0) is 30.2 Å². The molecule has 0 aliphatic rings. The van der Waals surface area contributed by atoms with E-state index in [1.54, 1.807) is 31.2 Å².